The zero-order chi connectivity index (χ0) is 28.6. The van der Waals surface area contributed by atoms with Gasteiger partial charge in [0.2, 0.25) is 0 Å². The third-order valence-corrected chi connectivity index (χ3v) is 6.25. The van der Waals surface area contributed by atoms with Gasteiger partial charge in [0.05, 0.1) is 52.4 Å². The van der Waals surface area contributed by atoms with Crippen LogP contribution in [0, 0.1) is 26.6 Å². The van der Waals surface area contributed by atoms with Crippen molar-refractivity contribution in [1.29, 1.82) is 0 Å². The minimum atomic E-state index is -0.0764. The van der Waals surface area contributed by atoms with Crippen molar-refractivity contribution < 1.29 is 55.1 Å². The predicted molar refractivity (Wildman–Crippen MR) is 130 cm³/mol. The quantitative estimate of drug-likeness (QED) is 0.217. The van der Waals surface area contributed by atoms with Crippen molar-refractivity contribution in [3.8, 4) is 11.5 Å². The molecule has 0 radical (unpaired) electrons. The molecule has 200 valence electrons. The largest absolute Gasteiger partial charge is 0 e. The maximum Gasteiger partial charge on any atom is 0 e. The van der Waals surface area contributed by atoms with Gasteiger partial charge in [-0.25, -0.2) is 0 Å². The monoisotopic (exact) mass is 534 g/mol. The van der Waals surface area contributed by atoms with Crippen LogP contribution in [0.25, 0.3) is 0 Å². The van der Waals surface area contributed by atoms with E-state index >= 15 is 0 Å². The number of para-hydroxylation sites is 2. The summed E-state index contributed by atoms with van der Waals surface area (Å²) in [6.45, 7) is 46.4. The van der Waals surface area contributed by atoms with Crippen LogP contribution in [0.15, 0.2) is 24.3 Å². The van der Waals surface area contributed by atoms with Crippen LogP contribution < -0.4 is 0 Å². The van der Waals surface area contributed by atoms with Gasteiger partial charge in [0.25, 0.3) is 0 Å². The fraction of sp³-hybridized carbons (Fsp3) is 0.615. The Kier molecular flexibility index (Phi) is 56.5. The van der Waals surface area contributed by atoms with Crippen molar-refractivity contribution in [3.63, 3.8) is 0 Å². The van der Waals surface area contributed by atoms with Crippen LogP contribution in [-0.2, 0) is 36.0 Å². The Morgan fingerprint density at radius 2 is 0.629 bits per heavy atom. The third kappa shape index (κ3) is 26.7. The van der Waals surface area contributed by atoms with Gasteiger partial charge in [-0.1, -0.05) is 12.1 Å². The molecule has 8 nitrogen and oxygen atoms in total. The van der Waals surface area contributed by atoms with E-state index in [2.05, 4.69) is 82.0 Å². The van der Waals surface area contributed by atoms with E-state index in [-0.39, 0.29) is 28.9 Å². The second kappa shape index (κ2) is 39.4. The molecule has 35 heavy (non-hydrogen) atoms. The Bertz CT molecular complexity index is 511. The number of rotatable bonds is 8. The normalized spacial score (nSPS) is 8.46. The molecule has 0 aliphatic heterocycles. The molecule has 0 unspecified atom stereocenters. The number of hydrogen-bond acceptors (Lipinski definition) is 2. The summed E-state index contributed by atoms with van der Waals surface area (Å²) in [5, 5.41) is 17.3. The number of nitrogens with zero attached hydrogens (tertiary/aromatic N) is 2. The fourth-order valence-electron chi connectivity index (χ4n) is 3.15. The van der Waals surface area contributed by atoms with Gasteiger partial charge in [0.15, 0.2) is 11.5 Å². The molecule has 9 heteroatoms. The van der Waals surface area contributed by atoms with Crippen molar-refractivity contribution in [2.75, 3.05) is 52.4 Å². The zero-order valence-electron chi connectivity index (χ0n) is 22.8. The minimum absolute atomic E-state index is 0. The summed E-state index contributed by atoms with van der Waals surface area (Å²) >= 11 is 0. The fourth-order valence-corrected chi connectivity index (χ4v) is 3.15. The van der Waals surface area contributed by atoms with Crippen molar-refractivity contribution in [1.82, 2.24) is 0 Å². The minimum Gasteiger partial charge on any atom is 0 e. The van der Waals surface area contributed by atoms with Crippen molar-refractivity contribution in [3.05, 3.63) is 50.9 Å². The number of benzene rings is 1. The van der Waals surface area contributed by atoms with Crippen molar-refractivity contribution >= 4 is 0 Å². The molecular formula is C26H46CrN2O6+2. The average molecular weight is 535 g/mol. The molecule has 0 aromatic heterocycles. The summed E-state index contributed by atoms with van der Waals surface area (Å²) < 4.78 is 32.6. The van der Waals surface area contributed by atoms with Crippen molar-refractivity contribution in [2.24, 2.45) is 0 Å². The molecular weight excluding hydrogens is 488 g/mol. The van der Waals surface area contributed by atoms with Gasteiger partial charge in [0.1, 0.15) is 0 Å². The maximum atomic E-state index is 8.67. The average Bonchev–Trinajstić information content (AvgIpc) is 2.94. The molecule has 0 heterocycles. The molecule has 2 N–H and O–H groups in total. The molecule has 0 spiro atoms. The van der Waals surface area contributed by atoms with Gasteiger partial charge in [-0.2, -0.15) is 0 Å². The number of phenols is 2. The first-order valence-corrected chi connectivity index (χ1v) is 11.3. The van der Waals surface area contributed by atoms with Crippen LogP contribution >= 0.6 is 0 Å². The van der Waals surface area contributed by atoms with Gasteiger partial charge in [-0.15, -0.1) is 0 Å². The molecule has 1 rings (SSSR count). The summed E-state index contributed by atoms with van der Waals surface area (Å²) in [7, 11) is 0. The molecule has 0 aliphatic carbocycles. The zero-order valence-corrected chi connectivity index (χ0v) is 24.1. The van der Waals surface area contributed by atoms with Gasteiger partial charge >= 0.3 is 45.2 Å². The SMILES string of the molecule is CC[N+](CC)(CC)CC.CC[N+](CC)(CC)CC.Oc1ccccc1O.[C-]#[O+].[C-]#[O+].[C-]#[O+].[C-]#[O+].[Cr]. The molecule has 1 aromatic rings. The summed E-state index contributed by atoms with van der Waals surface area (Å²) in [5.41, 5.74) is 0. The van der Waals surface area contributed by atoms with E-state index in [4.69, 9.17) is 28.8 Å². The molecule has 0 bridgehead atoms. The Morgan fingerprint density at radius 1 is 0.486 bits per heavy atom. The maximum absolute atomic E-state index is 8.67. The molecule has 0 fully saturated rings. The molecule has 0 aliphatic rings. The second-order valence-electron chi connectivity index (χ2n) is 6.70. The number of aromatic hydroxyl groups is 2. The second-order valence-corrected chi connectivity index (χ2v) is 6.70. The smallest absolute Gasteiger partial charge is 0 e. The van der Waals surface area contributed by atoms with E-state index in [1.54, 1.807) is 12.1 Å². The van der Waals surface area contributed by atoms with Crippen LogP contribution in [0.3, 0.4) is 0 Å². The van der Waals surface area contributed by atoms with Crippen LogP contribution in [0.1, 0.15) is 55.4 Å². The van der Waals surface area contributed by atoms with E-state index in [9.17, 15) is 0 Å². The van der Waals surface area contributed by atoms with Gasteiger partial charge in [-0.05, 0) is 67.5 Å². The standard InChI is InChI=1S/2C8H20N.C6H6O2.4CO.Cr/c2*1-5-9(6-2,7-3)8-4;7-5-3-1-2-4-6(5)8;4*1-2;/h2*5-8H2,1-4H3;1-4,7-8H;;;;;/q2*+1;;;;;;. The first-order chi connectivity index (χ1) is 16.3. The topological polar surface area (TPSA) is 120 Å². The van der Waals surface area contributed by atoms with E-state index in [1.165, 1.54) is 73.5 Å². The number of quaternary nitrogens is 2. The number of phenolic OH excluding ortho intramolecular Hbond substituents is 2. The Balaban J connectivity index is -0.0000000578. The van der Waals surface area contributed by atoms with E-state index < -0.39 is 0 Å². The molecule has 0 saturated heterocycles. The van der Waals surface area contributed by atoms with Crippen LogP contribution in [0.2, 0.25) is 0 Å². The van der Waals surface area contributed by atoms with E-state index in [0.29, 0.717) is 0 Å². The Labute approximate surface area is 225 Å². The predicted octanol–water partition coefficient (Wildman–Crippen LogP) is 4.71. The third-order valence-electron chi connectivity index (χ3n) is 6.25. The van der Waals surface area contributed by atoms with E-state index in [0.717, 1.165) is 0 Å². The van der Waals surface area contributed by atoms with Crippen LogP contribution in [0.4, 0.5) is 0 Å². The van der Waals surface area contributed by atoms with Crippen LogP contribution in [-0.4, -0.2) is 71.5 Å². The molecule has 0 atom stereocenters. The Hall–Kier alpha value is -1.77. The Morgan fingerprint density at radius 3 is 0.686 bits per heavy atom. The van der Waals surface area contributed by atoms with Gasteiger partial charge < -0.3 is 19.2 Å². The van der Waals surface area contributed by atoms with Crippen molar-refractivity contribution in [2.45, 2.75) is 55.4 Å². The summed E-state index contributed by atoms with van der Waals surface area (Å²) in [6, 6.07) is 6.15. The van der Waals surface area contributed by atoms with Gasteiger partial charge in [-0.3, -0.25) is 0 Å². The van der Waals surface area contributed by atoms with Crippen LogP contribution in [0.5, 0.6) is 11.5 Å². The summed E-state index contributed by atoms with van der Waals surface area (Å²) in [6.07, 6.45) is 0. The first-order valence-electron chi connectivity index (χ1n) is 11.3. The molecule has 0 amide bonds. The summed E-state index contributed by atoms with van der Waals surface area (Å²) in [4.78, 5) is 0. The molecule has 0 saturated carbocycles. The van der Waals surface area contributed by atoms with Gasteiger partial charge in [0, 0.05) is 17.4 Å². The van der Waals surface area contributed by atoms with E-state index in [1.807, 2.05) is 0 Å². The molecule has 1 aromatic carbocycles. The summed E-state index contributed by atoms with van der Waals surface area (Å²) in [5.74, 6) is -0.153. The number of hydrogen-bond donors (Lipinski definition) is 2. The first kappa shape index (κ1) is 50.2.